The number of phenols is 1. The van der Waals surface area contributed by atoms with Crippen LogP contribution in [0.2, 0.25) is 0 Å². The molecule has 1 aliphatic rings. The molecule has 6 heteroatoms. The molecule has 1 fully saturated rings. The van der Waals surface area contributed by atoms with Crippen molar-refractivity contribution in [1.29, 1.82) is 0 Å². The first-order chi connectivity index (χ1) is 10.5. The van der Waals surface area contributed by atoms with Gasteiger partial charge in [-0.3, -0.25) is 0 Å². The van der Waals surface area contributed by atoms with Crippen molar-refractivity contribution >= 4 is 9.84 Å². The molecule has 0 bridgehead atoms. The van der Waals surface area contributed by atoms with Gasteiger partial charge in [0.15, 0.2) is 0 Å². The molecule has 0 radical (unpaired) electrons. The summed E-state index contributed by atoms with van der Waals surface area (Å²) in [5.41, 5.74) is 0.551. The van der Waals surface area contributed by atoms with E-state index in [4.69, 9.17) is 0 Å². The number of phenolic OH excluding ortho intramolecular Hbond substituents is 1. The Kier molecular flexibility index (Phi) is 3.88. The van der Waals surface area contributed by atoms with Gasteiger partial charge in [-0.15, -0.1) is 0 Å². The number of aromatic hydroxyl groups is 1. The summed E-state index contributed by atoms with van der Waals surface area (Å²) < 4.78 is 39.2. The lowest BCUT2D eigenvalue weighted by molar-refractivity contribution is 0.475. The maximum absolute atomic E-state index is 14.3. The van der Waals surface area contributed by atoms with Crippen molar-refractivity contribution in [3.63, 3.8) is 0 Å². The van der Waals surface area contributed by atoms with Crippen LogP contribution in [-0.2, 0) is 9.84 Å². The van der Waals surface area contributed by atoms with E-state index in [0.717, 1.165) is 19.0 Å². The molecular weight excluding hydrogens is 305 g/mol. The Morgan fingerprint density at radius 1 is 1.09 bits per heavy atom. The van der Waals surface area contributed by atoms with Crippen molar-refractivity contribution in [2.45, 2.75) is 22.1 Å². The average molecular weight is 321 g/mol. The minimum absolute atomic E-state index is 0.0192. The SMILES string of the molecule is O=S(=O)(c1ccc(O)cc1)c1ccc(C2CCNC2)c(F)c1. The summed E-state index contributed by atoms with van der Waals surface area (Å²) >= 11 is 0. The summed E-state index contributed by atoms with van der Waals surface area (Å²) in [6.45, 7) is 1.55. The monoisotopic (exact) mass is 321 g/mol. The minimum atomic E-state index is -3.79. The van der Waals surface area contributed by atoms with Gasteiger partial charge in [0.25, 0.3) is 0 Å². The third kappa shape index (κ3) is 2.71. The van der Waals surface area contributed by atoms with Crippen LogP contribution >= 0.6 is 0 Å². The fourth-order valence-electron chi connectivity index (χ4n) is 2.69. The minimum Gasteiger partial charge on any atom is -0.508 e. The summed E-state index contributed by atoms with van der Waals surface area (Å²) in [5.74, 6) is -0.423. The van der Waals surface area contributed by atoms with E-state index in [1.807, 2.05) is 0 Å². The Bertz CT molecular complexity index is 782. The lowest BCUT2D eigenvalue weighted by Crippen LogP contribution is -2.10. The number of rotatable bonds is 3. The van der Waals surface area contributed by atoms with Crippen LogP contribution in [0.4, 0.5) is 4.39 Å². The van der Waals surface area contributed by atoms with E-state index in [1.165, 1.54) is 30.3 Å². The Morgan fingerprint density at radius 3 is 2.36 bits per heavy atom. The number of sulfone groups is 1. The standard InChI is InChI=1S/C16H16FNO3S/c17-16-9-14(5-6-15(16)11-7-8-18-10-11)22(20,21)13-3-1-12(19)2-4-13/h1-6,9,11,18-19H,7-8,10H2. The third-order valence-electron chi connectivity index (χ3n) is 3.93. The predicted molar refractivity (Wildman–Crippen MR) is 80.2 cm³/mol. The first-order valence-corrected chi connectivity index (χ1v) is 8.51. The largest absolute Gasteiger partial charge is 0.508 e. The molecule has 0 saturated carbocycles. The van der Waals surface area contributed by atoms with E-state index in [2.05, 4.69) is 5.32 Å². The molecule has 1 atom stereocenters. The number of hydrogen-bond donors (Lipinski definition) is 2. The number of hydrogen-bond acceptors (Lipinski definition) is 4. The molecule has 1 heterocycles. The highest BCUT2D eigenvalue weighted by Crippen LogP contribution is 2.29. The lowest BCUT2D eigenvalue weighted by atomic mass is 9.98. The summed E-state index contributed by atoms with van der Waals surface area (Å²) in [7, 11) is -3.79. The van der Waals surface area contributed by atoms with E-state index in [9.17, 15) is 17.9 Å². The first kappa shape index (κ1) is 15.0. The molecule has 2 aromatic rings. The van der Waals surface area contributed by atoms with Crippen LogP contribution in [-0.4, -0.2) is 26.6 Å². The van der Waals surface area contributed by atoms with Gasteiger partial charge >= 0.3 is 0 Å². The van der Waals surface area contributed by atoms with Gasteiger partial charge in [-0.2, -0.15) is 0 Å². The normalized spacial score (nSPS) is 18.5. The quantitative estimate of drug-likeness (QED) is 0.911. The molecule has 0 aromatic heterocycles. The van der Waals surface area contributed by atoms with Crippen LogP contribution in [0.5, 0.6) is 5.75 Å². The summed E-state index contributed by atoms with van der Waals surface area (Å²) in [6, 6.07) is 9.27. The number of nitrogens with one attached hydrogen (secondary N) is 1. The summed E-state index contributed by atoms with van der Waals surface area (Å²) in [5, 5.41) is 12.4. The zero-order valence-corrected chi connectivity index (χ0v) is 12.6. The van der Waals surface area contributed by atoms with Crippen molar-refractivity contribution in [2.24, 2.45) is 0 Å². The molecule has 0 amide bonds. The van der Waals surface area contributed by atoms with Crippen molar-refractivity contribution < 1.29 is 17.9 Å². The van der Waals surface area contributed by atoms with E-state index < -0.39 is 15.7 Å². The van der Waals surface area contributed by atoms with E-state index >= 15 is 0 Å². The maximum atomic E-state index is 14.3. The molecule has 1 aliphatic heterocycles. The van der Waals surface area contributed by atoms with Crippen LogP contribution in [0.25, 0.3) is 0 Å². The molecule has 2 aromatic carbocycles. The average Bonchev–Trinajstić information content (AvgIpc) is 3.01. The highest BCUT2D eigenvalue weighted by atomic mass is 32.2. The molecular formula is C16H16FNO3S. The van der Waals surface area contributed by atoms with E-state index in [-0.39, 0.29) is 21.5 Å². The molecule has 0 aliphatic carbocycles. The van der Waals surface area contributed by atoms with Gasteiger partial charge < -0.3 is 10.4 Å². The van der Waals surface area contributed by atoms with Crippen molar-refractivity contribution in [3.05, 3.63) is 53.8 Å². The second-order valence-corrected chi connectivity index (χ2v) is 7.32. The Hall–Kier alpha value is -1.92. The molecule has 2 N–H and O–H groups in total. The highest BCUT2D eigenvalue weighted by Gasteiger charge is 2.23. The van der Waals surface area contributed by atoms with Gasteiger partial charge in [0.05, 0.1) is 9.79 Å². The van der Waals surface area contributed by atoms with Crippen LogP contribution in [0.15, 0.2) is 52.3 Å². The second-order valence-electron chi connectivity index (χ2n) is 5.37. The molecule has 1 saturated heterocycles. The highest BCUT2D eigenvalue weighted by molar-refractivity contribution is 7.91. The fraction of sp³-hybridized carbons (Fsp3) is 0.250. The Morgan fingerprint density at radius 2 is 1.77 bits per heavy atom. The van der Waals surface area contributed by atoms with Gasteiger partial charge in [0.1, 0.15) is 11.6 Å². The molecule has 4 nitrogen and oxygen atoms in total. The van der Waals surface area contributed by atoms with Gasteiger partial charge in [-0.1, -0.05) is 6.07 Å². The van der Waals surface area contributed by atoms with E-state index in [0.29, 0.717) is 12.1 Å². The number of benzene rings is 2. The molecule has 1 unspecified atom stereocenters. The zero-order chi connectivity index (χ0) is 15.7. The number of halogens is 1. The van der Waals surface area contributed by atoms with Crippen molar-refractivity contribution in [2.75, 3.05) is 13.1 Å². The lowest BCUT2D eigenvalue weighted by Gasteiger charge is -2.12. The van der Waals surface area contributed by atoms with Crippen LogP contribution in [0, 0.1) is 5.82 Å². The Balaban J connectivity index is 1.97. The molecule has 116 valence electrons. The zero-order valence-electron chi connectivity index (χ0n) is 11.8. The topological polar surface area (TPSA) is 66.4 Å². The van der Waals surface area contributed by atoms with Gasteiger partial charge in [-0.25, -0.2) is 12.8 Å². The van der Waals surface area contributed by atoms with Crippen LogP contribution in [0.1, 0.15) is 17.9 Å². The smallest absolute Gasteiger partial charge is 0.206 e. The second kappa shape index (κ2) is 5.70. The molecule has 22 heavy (non-hydrogen) atoms. The first-order valence-electron chi connectivity index (χ1n) is 7.03. The molecule has 3 rings (SSSR count). The summed E-state index contributed by atoms with van der Waals surface area (Å²) in [4.78, 5) is -0.0506. The fourth-order valence-corrected chi connectivity index (χ4v) is 3.96. The Labute approximate surface area is 128 Å². The maximum Gasteiger partial charge on any atom is 0.206 e. The van der Waals surface area contributed by atoms with Crippen molar-refractivity contribution in [3.8, 4) is 5.75 Å². The van der Waals surface area contributed by atoms with Gasteiger partial charge in [-0.05, 0) is 54.9 Å². The van der Waals surface area contributed by atoms with Crippen LogP contribution in [0.3, 0.4) is 0 Å². The third-order valence-corrected chi connectivity index (χ3v) is 5.70. The summed E-state index contributed by atoms with van der Waals surface area (Å²) in [6.07, 6.45) is 0.848. The molecule has 0 spiro atoms. The predicted octanol–water partition coefficient (Wildman–Crippen LogP) is 2.44. The van der Waals surface area contributed by atoms with Gasteiger partial charge in [0, 0.05) is 12.5 Å². The van der Waals surface area contributed by atoms with Crippen LogP contribution < -0.4 is 5.32 Å². The van der Waals surface area contributed by atoms with Crippen molar-refractivity contribution in [1.82, 2.24) is 5.32 Å². The van der Waals surface area contributed by atoms with Gasteiger partial charge in [0.2, 0.25) is 9.84 Å². The van der Waals surface area contributed by atoms with E-state index in [1.54, 1.807) is 6.07 Å².